The van der Waals surface area contributed by atoms with E-state index >= 15 is 0 Å². The lowest BCUT2D eigenvalue weighted by Gasteiger charge is -2.24. The molecule has 1 aliphatic rings. The second-order valence-corrected chi connectivity index (χ2v) is 3.92. The maximum atomic E-state index is 11.6. The Bertz CT molecular complexity index is 230. The van der Waals surface area contributed by atoms with Crippen LogP contribution in [0.4, 0.5) is 4.79 Å². The van der Waals surface area contributed by atoms with Crippen molar-refractivity contribution in [3.63, 3.8) is 0 Å². The molecule has 1 aliphatic heterocycles. The summed E-state index contributed by atoms with van der Waals surface area (Å²) in [6.07, 6.45) is 2.77. The number of hydrogen-bond acceptors (Lipinski definition) is 2. The Morgan fingerprint density at radius 3 is 3.00 bits per heavy atom. The van der Waals surface area contributed by atoms with Gasteiger partial charge in [-0.2, -0.15) is 0 Å². The van der Waals surface area contributed by atoms with Gasteiger partial charge in [-0.3, -0.25) is 0 Å². The van der Waals surface area contributed by atoms with Gasteiger partial charge in [-0.05, 0) is 13.0 Å². The van der Waals surface area contributed by atoms with Gasteiger partial charge in [0.25, 0.3) is 0 Å². The summed E-state index contributed by atoms with van der Waals surface area (Å²) < 4.78 is 0. The van der Waals surface area contributed by atoms with Crippen molar-refractivity contribution in [3.05, 3.63) is 12.7 Å². The SMILES string of the molecule is C=CCNC(=O)N(C)C1CCN(CC)C1. The van der Waals surface area contributed by atoms with E-state index in [9.17, 15) is 4.79 Å². The van der Waals surface area contributed by atoms with Crippen molar-refractivity contribution >= 4 is 6.03 Å². The number of carbonyl (C=O) groups excluding carboxylic acids is 1. The van der Waals surface area contributed by atoms with Crippen molar-refractivity contribution in [3.8, 4) is 0 Å². The molecule has 0 aliphatic carbocycles. The molecule has 4 heteroatoms. The van der Waals surface area contributed by atoms with Crippen LogP contribution in [-0.4, -0.2) is 55.1 Å². The minimum atomic E-state index is -0.00199. The summed E-state index contributed by atoms with van der Waals surface area (Å²) in [5.74, 6) is 0. The third-order valence-electron chi connectivity index (χ3n) is 2.96. The smallest absolute Gasteiger partial charge is 0.317 e. The van der Waals surface area contributed by atoms with Crippen LogP contribution in [0.3, 0.4) is 0 Å². The molecule has 1 heterocycles. The van der Waals surface area contributed by atoms with Crippen LogP contribution in [0.25, 0.3) is 0 Å². The first kappa shape index (κ1) is 12.0. The number of hydrogen-bond donors (Lipinski definition) is 1. The van der Waals surface area contributed by atoms with Gasteiger partial charge in [0.15, 0.2) is 0 Å². The predicted octanol–water partition coefficient (Wildman–Crippen LogP) is 0.908. The maximum Gasteiger partial charge on any atom is 0.317 e. The highest BCUT2D eigenvalue weighted by Gasteiger charge is 2.26. The van der Waals surface area contributed by atoms with Crippen LogP contribution < -0.4 is 5.32 Å². The third kappa shape index (κ3) is 3.23. The summed E-state index contributed by atoms with van der Waals surface area (Å²) in [7, 11) is 1.86. The second-order valence-electron chi connectivity index (χ2n) is 3.92. The molecule has 1 N–H and O–H groups in total. The first-order chi connectivity index (χ1) is 7.19. The molecular weight excluding hydrogens is 190 g/mol. The Balaban J connectivity index is 2.36. The Morgan fingerprint density at radius 1 is 1.73 bits per heavy atom. The summed E-state index contributed by atoms with van der Waals surface area (Å²) in [4.78, 5) is 15.8. The van der Waals surface area contributed by atoms with Gasteiger partial charge in [-0.15, -0.1) is 6.58 Å². The molecule has 0 spiro atoms. The van der Waals surface area contributed by atoms with Crippen LogP contribution in [0.2, 0.25) is 0 Å². The first-order valence-electron chi connectivity index (χ1n) is 5.53. The van der Waals surface area contributed by atoms with Gasteiger partial charge in [0.2, 0.25) is 0 Å². The largest absolute Gasteiger partial charge is 0.335 e. The summed E-state index contributed by atoms with van der Waals surface area (Å²) in [5, 5.41) is 2.79. The van der Waals surface area contributed by atoms with Crippen molar-refractivity contribution in [2.75, 3.05) is 33.2 Å². The van der Waals surface area contributed by atoms with E-state index in [-0.39, 0.29) is 6.03 Å². The Labute approximate surface area is 91.9 Å². The van der Waals surface area contributed by atoms with Gasteiger partial charge in [-0.25, -0.2) is 4.79 Å². The van der Waals surface area contributed by atoms with Gasteiger partial charge >= 0.3 is 6.03 Å². The van der Waals surface area contributed by atoms with Gasteiger partial charge in [0.1, 0.15) is 0 Å². The molecule has 2 amide bonds. The highest BCUT2D eigenvalue weighted by Crippen LogP contribution is 2.13. The Kier molecular flexibility index (Phi) is 4.62. The topological polar surface area (TPSA) is 35.6 Å². The number of urea groups is 1. The number of nitrogens with one attached hydrogen (secondary N) is 1. The highest BCUT2D eigenvalue weighted by atomic mass is 16.2. The molecule has 0 saturated carbocycles. The van der Waals surface area contributed by atoms with E-state index in [1.54, 1.807) is 11.0 Å². The third-order valence-corrected chi connectivity index (χ3v) is 2.96. The van der Waals surface area contributed by atoms with Crippen molar-refractivity contribution in [2.24, 2.45) is 0 Å². The van der Waals surface area contributed by atoms with E-state index in [1.165, 1.54) is 0 Å². The predicted molar refractivity (Wildman–Crippen MR) is 61.9 cm³/mol. The zero-order valence-electron chi connectivity index (χ0n) is 9.70. The summed E-state index contributed by atoms with van der Waals surface area (Å²) in [6.45, 7) is 9.42. The number of nitrogens with zero attached hydrogens (tertiary/aromatic N) is 2. The van der Waals surface area contributed by atoms with Crippen molar-refractivity contribution in [1.29, 1.82) is 0 Å². The van der Waals surface area contributed by atoms with Crippen LogP contribution in [0.5, 0.6) is 0 Å². The number of carbonyl (C=O) groups is 1. The van der Waals surface area contributed by atoms with Crippen LogP contribution in [-0.2, 0) is 0 Å². The molecule has 15 heavy (non-hydrogen) atoms. The first-order valence-corrected chi connectivity index (χ1v) is 5.53. The van der Waals surface area contributed by atoms with E-state index in [4.69, 9.17) is 0 Å². The van der Waals surface area contributed by atoms with Gasteiger partial charge in [0, 0.05) is 32.7 Å². The fourth-order valence-electron chi connectivity index (χ4n) is 1.87. The average Bonchev–Trinajstić information content (AvgIpc) is 2.73. The molecule has 1 unspecified atom stereocenters. The lowest BCUT2D eigenvalue weighted by molar-refractivity contribution is 0.190. The van der Waals surface area contributed by atoms with Gasteiger partial charge in [-0.1, -0.05) is 13.0 Å². The fraction of sp³-hybridized carbons (Fsp3) is 0.727. The normalized spacial score (nSPS) is 21.3. The van der Waals surface area contributed by atoms with Gasteiger partial charge in [0.05, 0.1) is 0 Å². The molecule has 1 rings (SSSR count). The Morgan fingerprint density at radius 2 is 2.47 bits per heavy atom. The highest BCUT2D eigenvalue weighted by molar-refractivity contribution is 5.74. The van der Waals surface area contributed by atoms with E-state index in [0.29, 0.717) is 12.6 Å². The molecular formula is C11H21N3O. The van der Waals surface area contributed by atoms with Crippen molar-refractivity contribution < 1.29 is 4.79 Å². The van der Waals surface area contributed by atoms with E-state index in [0.717, 1.165) is 26.1 Å². The summed E-state index contributed by atoms with van der Waals surface area (Å²) >= 11 is 0. The molecule has 1 fully saturated rings. The monoisotopic (exact) mass is 211 g/mol. The van der Waals surface area contributed by atoms with E-state index < -0.39 is 0 Å². The summed E-state index contributed by atoms with van der Waals surface area (Å²) in [5.41, 5.74) is 0. The Hall–Kier alpha value is -1.03. The summed E-state index contributed by atoms with van der Waals surface area (Å²) in [6, 6.07) is 0.354. The van der Waals surface area contributed by atoms with Crippen molar-refractivity contribution in [1.82, 2.24) is 15.1 Å². The molecule has 86 valence electrons. The van der Waals surface area contributed by atoms with Crippen molar-refractivity contribution in [2.45, 2.75) is 19.4 Å². The van der Waals surface area contributed by atoms with E-state index in [2.05, 4.69) is 23.7 Å². The van der Waals surface area contributed by atoms with Crippen LogP contribution in [0, 0.1) is 0 Å². The zero-order chi connectivity index (χ0) is 11.3. The van der Waals surface area contributed by atoms with Crippen LogP contribution in [0.1, 0.15) is 13.3 Å². The standard InChI is InChI=1S/C11H21N3O/c1-4-7-12-11(15)13(3)10-6-8-14(5-2)9-10/h4,10H,1,5-9H2,2-3H3,(H,12,15). The number of rotatable bonds is 4. The molecule has 0 aromatic carbocycles. The van der Waals surface area contributed by atoms with E-state index in [1.807, 2.05) is 7.05 Å². The van der Waals surface area contributed by atoms with Crippen LogP contribution in [0.15, 0.2) is 12.7 Å². The molecule has 1 atom stereocenters. The van der Waals surface area contributed by atoms with Gasteiger partial charge < -0.3 is 15.1 Å². The molecule has 0 aromatic heterocycles. The van der Waals surface area contributed by atoms with Crippen LogP contribution >= 0.6 is 0 Å². The minimum absolute atomic E-state index is 0.00199. The molecule has 4 nitrogen and oxygen atoms in total. The number of amides is 2. The number of likely N-dealkylation sites (tertiary alicyclic amines) is 1. The molecule has 0 aromatic rings. The zero-order valence-corrected chi connectivity index (χ0v) is 9.70. The second kappa shape index (κ2) is 5.75. The molecule has 0 bridgehead atoms. The number of likely N-dealkylation sites (N-methyl/N-ethyl adjacent to an activating group) is 2. The quantitative estimate of drug-likeness (QED) is 0.702. The molecule has 0 radical (unpaired) electrons. The average molecular weight is 211 g/mol. The maximum absolute atomic E-state index is 11.6. The minimum Gasteiger partial charge on any atom is -0.335 e. The lowest BCUT2D eigenvalue weighted by atomic mass is 10.2. The fourth-order valence-corrected chi connectivity index (χ4v) is 1.87. The molecule has 1 saturated heterocycles. The lowest BCUT2D eigenvalue weighted by Crippen LogP contribution is -2.44.